The average molecular weight is 203 g/mol. The van der Waals surface area contributed by atoms with Gasteiger partial charge in [-0.05, 0) is 25.8 Å². The van der Waals surface area contributed by atoms with Gasteiger partial charge >= 0.3 is 0 Å². The maximum Gasteiger partial charge on any atom is 0.156 e. The zero-order valence-corrected chi connectivity index (χ0v) is 8.90. The Morgan fingerprint density at radius 1 is 1.43 bits per heavy atom. The smallest absolute Gasteiger partial charge is 0.156 e. The summed E-state index contributed by atoms with van der Waals surface area (Å²) >= 11 is 0. The van der Waals surface area contributed by atoms with Crippen LogP contribution >= 0.6 is 0 Å². The van der Waals surface area contributed by atoms with Crippen molar-refractivity contribution < 1.29 is 10.3 Å². The fraction of sp³-hybridized carbons (Fsp3) is 0.889. The van der Waals surface area contributed by atoms with E-state index in [1.807, 2.05) is 13.8 Å². The maximum absolute atomic E-state index is 9.29. The topological polar surface area (TPSA) is 90.9 Å². The van der Waals surface area contributed by atoms with Crippen LogP contribution in [-0.2, 0) is 0 Å². The molecule has 84 valence electrons. The molecule has 0 aromatic carbocycles. The molecule has 0 aromatic heterocycles. The lowest BCUT2D eigenvalue weighted by molar-refractivity contribution is 0.159. The second kappa shape index (κ2) is 7.58. The molecule has 0 heterocycles. The van der Waals surface area contributed by atoms with E-state index in [1.54, 1.807) is 0 Å². The van der Waals surface area contributed by atoms with Crippen molar-refractivity contribution in [3.05, 3.63) is 0 Å². The molecule has 0 amide bonds. The molecule has 0 rings (SSSR count). The first-order valence-corrected chi connectivity index (χ1v) is 5.04. The molecule has 2 unspecified atom stereocenters. The maximum atomic E-state index is 9.29. The van der Waals surface area contributed by atoms with Gasteiger partial charge in [-0.15, -0.1) is 0 Å². The Morgan fingerprint density at radius 3 is 2.50 bits per heavy atom. The molecule has 0 aromatic rings. The Kier molecular flexibility index (Phi) is 7.14. The quantitative estimate of drug-likeness (QED) is 0.207. The van der Waals surface area contributed by atoms with E-state index < -0.39 is 0 Å². The van der Waals surface area contributed by atoms with E-state index in [-0.39, 0.29) is 18.0 Å². The van der Waals surface area contributed by atoms with Crippen LogP contribution in [0.15, 0.2) is 5.16 Å². The van der Waals surface area contributed by atoms with Gasteiger partial charge in [-0.3, -0.25) is 0 Å². The van der Waals surface area contributed by atoms with Crippen LogP contribution < -0.4 is 11.1 Å². The van der Waals surface area contributed by atoms with Crippen LogP contribution in [0.1, 0.15) is 33.1 Å². The number of aliphatic hydroxyl groups is 1. The number of amidine groups is 1. The van der Waals surface area contributed by atoms with Crippen LogP contribution in [0.3, 0.4) is 0 Å². The predicted octanol–water partition coefficient (Wildman–Crippen LogP) is 0.262. The van der Waals surface area contributed by atoms with Crippen molar-refractivity contribution >= 4 is 5.84 Å². The van der Waals surface area contributed by atoms with E-state index in [1.165, 1.54) is 0 Å². The number of nitrogens with zero attached hydrogens (tertiary/aromatic N) is 1. The lowest BCUT2D eigenvalue weighted by Gasteiger charge is -2.16. The molecule has 2 atom stereocenters. The van der Waals surface area contributed by atoms with E-state index in [2.05, 4.69) is 10.5 Å². The van der Waals surface area contributed by atoms with Crippen molar-refractivity contribution in [3.63, 3.8) is 0 Å². The SMILES string of the molecule is CCC(O)CCNC(CC)C(N)=NO. The summed E-state index contributed by atoms with van der Waals surface area (Å²) in [7, 11) is 0. The van der Waals surface area contributed by atoms with Crippen LogP contribution in [0.4, 0.5) is 0 Å². The Morgan fingerprint density at radius 2 is 2.07 bits per heavy atom. The van der Waals surface area contributed by atoms with Gasteiger partial charge in [0.15, 0.2) is 5.84 Å². The minimum Gasteiger partial charge on any atom is -0.409 e. The fourth-order valence-electron chi connectivity index (χ4n) is 1.16. The van der Waals surface area contributed by atoms with Crippen molar-refractivity contribution in [2.24, 2.45) is 10.9 Å². The summed E-state index contributed by atoms with van der Waals surface area (Å²) in [5, 5.41) is 23.8. The first-order chi connectivity index (χ1) is 6.65. The molecule has 0 fully saturated rings. The first kappa shape index (κ1) is 13.2. The molecule has 0 aliphatic rings. The highest BCUT2D eigenvalue weighted by Gasteiger charge is 2.10. The van der Waals surface area contributed by atoms with E-state index >= 15 is 0 Å². The van der Waals surface area contributed by atoms with Crippen LogP contribution in [0.5, 0.6) is 0 Å². The summed E-state index contributed by atoms with van der Waals surface area (Å²) in [4.78, 5) is 0. The molecule has 0 radical (unpaired) electrons. The van der Waals surface area contributed by atoms with Crippen molar-refractivity contribution in [1.82, 2.24) is 5.32 Å². The van der Waals surface area contributed by atoms with Gasteiger partial charge < -0.3 is 21.4 Å². The van der Waals surface area contributed by atoms with E-state index in [0.717, 1.165) is 12.8 Å². The van der Waals surface area contributed by atoms with Crippen LogP contribution in [0, 0.1) is 0 Å². The average Bonchev–Trinajstić information content (AvgIpc) is 2.22. The molecule has 14 heavy (non-hydrogen) atoms. The number of hydrogen-bond acceptors (Lipinski definition) is 4. The number of oxime groups is 1. The normalized spacial score (nSPS) is 16.6. The third-order valence-corrected chi connectivity index (χ3v) is 2.22. The fourth-order valence-corrected chi connectivity index (χ4v) is 1.16. The molecule has 0 saturated carbocycles. The van der Waals surface area contributed by atoms with Gasteiger partial charge in [-0.1, -0.05) is 19.0 Å². The minimum atomic E-state index is -0.271. The van der Waals surface area contributed by atoms with Crippen LogP contribution in [-0.4, -0.2) is 34.8 Å². The third-order valence-electron chi connectivity index (χ3n) is 2.22. The molecule has 0 aliphatic carbocycles. The zero-order valence-electron chi connectivity index (χ0n) is 8.90. The third kappa shape index (κ3) is 5.04. The summed E-state index contributed by atoms with van der Waals surface area (Å²) < 4.78 is 0. The summed E-state index contributed by atoms with van der Waals surface area (Å²) in [6, 6.07) is -0.107. The highest BCUT2D eigenvalue weighted by Crippen LogP contribution is 1.97. The highest BCUT2D eigenvalue weighted by atomic mass is 16.4. The second-order valence-electron chi connectivity index (χ2n) is 3.29. The summed E-state index contributed by atoms with van der Waals surface area (Å²) in [6.07, 6.45) is 1.93. The standard InChI is InChI=1S/C9H21N3O2/c1-3-7(13)5-6-11-8(4-2)9(10)12-14/h7-8,11,13-14H,3-6H2,1-2H3,(H2,10,12). The molecule has 0 aliphatic heterocycles. The van der Waals surface area contributed by atoms with Gasteiger partial charge in [0, 0.05) is 0 Å². The second-order valence-corrected chi connectivity index (χ2v) is 3.29. The Labute approximate surface area is 85.0 Å². The van der Waals surface area contributed by atoms with Gasteiger partial charge in [-0.25, -0.2) is 0 Å². The summed E-state index contributed by atoms with van der Waals surface area (Å²) in [5.41, 5.74) is 5.45. The van der Waals surface area contributed by atoms with Crippen molar-refractivity contribution in [2.45, 2.75) is 45.3 Å². The van der Waals surface area contributed by atoms with Crippen molar-refractivity contribution in [2.75, 3.05) is 6.54 Å². The Bertz CT molecular complexity index is 173. The van der Waals surface area contributed by atoms with Gasteiger partial charge in [0.1, 0.15) is 0 Å². The Balaban J connectivity index is 3.74. The van der Waals surface area contributed by atoms with Crippen molar-refractivity contribution in [1.29, 1.82) is 0 Å². The number of aliphatic hydroxyl groups excluding tert-OH is 1. The highest BCUT2D eigenvalue weighted by molar-refractivity contribution is 5.85. The molecule has 5 N–H and O–H groups in total. The molecule has 0 bridgehead atoms. The summed E-state index contributed by atoms with van der Waals surface area (Å²) in [5.74, 6) is 0.193. The molecule has 5 nitrogen and oxygen atoms in total. The van der Waals surface area contributed by atoms with Crippen LogP contribution in [0.25, 0.3) is 0 Å². The van der Waals surface area contributed by atoms with Gasteiger partial charge in [-0.2, -0.15) is 0 Å². The minimum absolute atomic E-state index is 0.107. The van der Waals surface area contributed by atoms with E-state index in [9.17, 15) is 5.11 Å². The zero-order chi connectivity index (χ0) is 11.0. The Hall–Kier alpha value is -0.810. The lowest BCUT2D eigenvalue weighted by atomic mass is 10.1. The van der Waals surface area contributed by atoms with Gasteiger partial charge in [0.25, 0.3) is 0 Å². The van der Waals surface area contributed by atoms with Crippen LogP contribution in [0.2, 0.25) is 0 Å². The predicted molar refractivity (Wildman–Crippen MR) is 56.4 cm³/mol. The number of nitrogens with one attached hydrogen (secondary N) is 1. The summed E-state index contributed by atoms with van der Waals surface area (Å²) in [6.45, 7) is 4.56. The molecule has 5 heteroatoms. The number of nitrogens with two attached hydrogens (primary N) is 1. The molecular formula is C9H21N3O2. The number of hydrogen-bond donors (Lipinski definition) is 4. The van der Waals surface area contributed by atoms with Gasteiger partial charge in [0.2, 0.25) is 0 Å². The number of rotatable bonds is 7. The van der Waals surface area contributed by atoms with E-state index in [4.69, 9.17) is 10.9 Å². The molecule has 0 spiro atoms. The largest absolute Gasteiger partial charge is 0.409 e. The molecular weight excluding hydrogens is 182 g/mol. The van der Waals surface area contributed by atoms with Gasteiger partial charge in [0.05, 0.1) is 12.1 Å². The monoisotopic (exact) mass is 203 g/mol. The molecule has 0 saturated heterocycles. The lowest BCUT2D eigenvalue weighted by Crippen LogP contribution is -2.42. The first-order valence-electron chi connectivity index (χ1n) is 5.04. The van der Waals surface area contributed by atoms with E-state index in [0.29, 0.717) is 13.0 Å². The van der Waals surface area contributed by atoms with Crippen molar-refractivity contribution in [3.8, 4) is 0 Å².